The highest BCUT2D eigenvalue weighted by molar-refractivity contribution is 7.92. The van der Waals surface area contributed by atoms with E-state index in [-0.39, 0.29) is 11.3 Å². The van der Waals surface area contributed by atoms with E-state index in [1.165, 1.54) is 24.3 Å². The van der Waals surface area contributed by atoms with Crippen molar-refractivity contribution in [1.29, 1.82) is 0 Å². The predicted octanol–water partition coefficient (Wildman–Crippen LogP) is 1.77. The van der Waals surface area contributed by atoms with Gasteiger partial charge in [-0.05, 0) is 30.7 Å². The number of ether oxygens (including phenoxy) is 2. The zero-order chi connectivity index (χ0) is 15.1. The maximum Gasteiger partial charge on any atom is 0.183 e. The molecule has 1 aromatic rings. The van der Waals surface area contributed by atoms with Gasteiger partial charge in [0, 0.05) is 17.9 Å². The molecule has 1 saturated carbocycles. The first kappa shape index (κ1) is 15.2. The number of hydrogen-bond acceptors (Lipinski definition) is 5. The molecule has 1 spiro atoms. The maximum absolute atomic E-state index is 12.7. The summed E-state index contributed by atoms with van der Waals surface area (Å²) < 4.78 is 36.7. The highest BCUT2D eigenvalue weighted by atomic mass is 35.5. The highest BCUT2D eigenvalue weighted by Gasteiger charge is 2.49. The monoisotopic (exact) mass is 332 g/mol. The number of aliphatic hydroxyl groups is 1. The Hall–Kier alpha value is -0.660. The molecular weight excluding hydrogens is 316 g/mol. The largest absolute Gasteiger partial charge is 0.392 e. The standard InChI is InChI=1S/C14H17ClO5S/c15-10-1-3-11(4-2-10)21(17,18)13-9-14(6-5-12(13)16)19-7-8-20-14/h1-4,12-13,16H,5-9H2. The van der Waals surface area contributed by atoms with Crippen LogP contribution in [0.1, 0.15) is 19.3 Å². The maximum atomic E-state index is 12.7. The molecule has 0 radical (unpaired) electrons. The van der Waals surface area contributed by atoms with Crippen molar-refractivity contribution < 1.29 is 23.0 Å². The van der Waals surface area contributed by atoms with Crippen molar-refractivity contribution in [2.75, 3.05) is 13.2 Å². The summed E-state index contributed by atoms with van der Waals surface area (Å²) in [5.74, 6) is -0.858. The summed E-state index contributed by atoms with van der Waals surface area (Å²) in [7, 11) is -3.66. The molecule has 21 heavy (non-hydrogen) atoms. The van der Waals surface area contributed by atoms with Crippen LogP contribution in [-0.4, -0.2) is 43.9 Å². The zero-order valence-corrected chi connectivity index (χ0v) is 12.9. The summed E-state index contributed by atoms with van der Waals surface area (Å²) >= 11 is 5.79. The van der Waals surface area contributed by atoms with Crippen LogP contribution < -0.4 is 0 Å². The fraction of sp³-hybridized carbons (Fsp3) is 0.571. The molecule has 1 aliphatic heterocycles. The second-order valence-corrected chi connectivity index (χ2v) is 8.06. The van der Waals surface area contributed by atoms with Crippen molar-refractivity contribution in [3.05, 3.63) is 29.3 Å². The predicted molar refractivity (Wildman–Crippen MR) is 76.9 cm³/mol. The minimum atomic E-state index is -3.66. The average molecular weight is 333 g/mol. The molecule has 1 saturated heterocycles. The van der Waals surface area contributed by atoms with Crippen LogP contribution in [0.25, 0.3) is 0 Å². The Labute approximate surface area is 128 Å². The quantitative estimate of drug-likeness (QED) is 0.893. The number of sulfone groups is 1. The fourth-order valence-electron chi connectivity index (χ4n) is 2.97. The van der Waals surface area contributed by atoms with Gasteiger partial charge in [0.1, 0.15) is 0 Å². The average Bonchev–Trinajstić information content (AvgIpc) is 2.91. The van der Waals surface area contributed by atoms with E-state index < -0.39 is 27.0 Å². The molecule has 1 N–H and O–H groups in total. The van der Waals surface area contributed by atoms with Crippen LogP contribution in [0, 0.1) is 0 Å². The summed E-state index contributed by atoms with van der Waals surface area (Å²) in [6.07, 6.45) is 0.0985. The Morgan fingerprint density at radius 3 is 2.43 bits per heavy atom. The summed E-state index contributed by atoms with van der Waals surface area (Å²) in [5.41, 5.74) is 0. The van der Waals surface area contributed by atoms with E-state index in [2.05, 4.69) is 0 Å². The Bertz CT molecular complexity index is 607. The van der Waals surface area contributed by atoms with Gasteiger partial charge in [-0.2, -0.15) is 0 Å². The van der Waals surface area contributed by atoms with Crippen LogP contribution in [-0.2, 0) is 19.3 Å². The smallest absolute Gasteiger partial charge is 0.183 e. The van der Waals surface area contributed by atoms with Crippen LogP contribution >= 0.6 is 11.6 Å². The van der Waals surface area contributed by atoms with E-state index in [4.69, 9.17) is 21.1 Å². The molecule has 1 aromatic carbocycles. The second kappa shape index (κ2) is 5.52. The third-order valence-electron chi connectivity index (χ3n) is 4.12. The third kappa shape index (κ3) is 2.83. The van der Waals surface area contributed by atoms with Gasteiger partial charge in [0.25, 0.3) is 0 Å². The van der Waals surface area contributed by atoms with Crippen LogP contribution in [0.15, 0.2) is 29.2 Å². The lowest BCUT2D eigenvalue weighted by molar-refractivity contribution is -0.186. The molecule has 1 aliphatic carbocycles. The molecule has 2 fully saturated rings. The topological polar surface area (TPSA) is 72.8 Å². The molecule has 0 bridgehead atoms. The van der Waals surface area contributed by atoms with Gasteiger partial charge in [-0.1, -0.05) is 11.6 Å². The normalized spacial score (nSPS) is 28.9. The molecule has 5 nitrogen and oxygen atoms in total. The van der Waals surface area contributed by atoms with Crippen LogP contribution in [0.2, 0.25) is 5.02 Å². The molecular formula is C14H17ClO5S. The molecule has 7 heteroatoms. The first-order chi connectivity index (χ1) is 9.93. The van der Waals surface area contributed by atoms with E-state index >= 15 is 0 Å². The van der Waals surface area contributed by atoms with Gasteiger partial charge in [-0.15, -0.1) is 0 Å². The van der Waals surface area contributed by atoms with Crippen LogP contribution in [0.5, 0.6) is 0 Å². The van der Waals surface area contributed by atoms with E-state index in [1.54, 1.807) is 0 Å². The molecule has 3 rings (SSSR count). The second-order valence-electron chi connectivity index (χ2n) is 5.46. The number of hydrogen-bond donors (Lipinski definition) is 1. The molecule has 1 heterocycles. The van der Waals surface area contributed by atoms with Gasteiger partial charge >= 0.3 is 0 Å². The number of halogens is 1. The van der Waals surface area contributed by atoms with Crippen molar-refractivity contribution in [2.24, 2.45) is 0 Å². The lowest BCUT2D eigenvalue weighted by atomic mass is 9.91. The third-order valence-corrected chi connectivity index (χ3v) is 6.58. The van der Waals surface area contributed by atoms with E-state index in [9.17, 15) is 13.5 Å². The van der Waals surface area contributed by atoms with Gasteiger partial charge in [0.15, 0.2) is 15.6 Å². The fourth-order valence-corrected chi connectivity index (χ4v) is 4.99. The first-order valence-electron chi connectivity index (χ1n) is 6.88. The van der Waals surface area contributed by atoms with Crippen molar-refractivity contribution in [2.45, 2.75) is 41.3 Å². The Balaban J connectivity index is 1.91. The summed E-state index contributed by atoms with van der Waals surface area (Å²) in [6.45, 7) is 0.924. The minimum absolute atomic E-state index is 0.152. The van der Waals surface area contributed by atoms with Crippen molar-refractivity contribution >= 4 is 21.4 Å². The molecule has 2 unspecified atom stereocenters. The van der Waals surface area contributed by atoms with Gasteiger partial charge in [-0.25, -0.2) is 8.42 Å². The lowest BCUT2D eigenvalue weighted by Crippen LogP contribution is -2.48. The Kier molecular flexibility index (Phi) is 4.00. The highest BCUT2D eigenvalue weighted by Crippen LogP contribution is 2.40. The lowest BCUT2D eigenvalue weighted by Gasteiger charge is -2.38. The Morgan fingerprint density at radius 2 is 1.81 bits per heavy atom. The van der Waals surface area contributed by atoms with Gasteiger partial charge < -0.3 is 14.6 Å². The molecule has 0 amide bonds. The van der Waals surface area contributed by atoms with Gasteiger partial charge in [0.2, 0.25) is 0 Å². The first-order valence-corrected chi connectivity index (χ1v) is 8.81. The van der Waals surface area contributed by atoms with Crippen LogP contribution in [0.4, 0.5) is 0 Å². The SMILES string of the molecule is O=S(=O)(c1ccc(Cl)cc1)C1CC2(CCC1O)OCCO2. The molecule has 2 atom stereocenters. The van der Waals surface area contributed by atoms with Gasteiger partial charge in [0.05, 0.1) is 29.5 Å². The summed E-state index contributed by atoms with van der Waals surface area (Å²) in [6, 6.07) is 5.98. The van der Waals surface area contributed by atoms with E-state index in [0.717, 1.165) is 0 Å². The zero-order valence-electron chi connectivity index (χ0n) is 11.4. The van der Waals surface area contributed by atoms with Gasteiger partial charge in [-0.3, -0.25) is 0 Å². The van der Waals surface area contributed by atoms with Crippen molar-refractivity contribution in [3.63, 3.8) is 0 Å². The number of benzene rings is 1. The van der Waals surface area contributed by atoms with E-state index in [1.807, 2.05) is 0 Å². The van der Waals surface area contributed by atoms with Crippen molar-refractivity contribution in [1.82, 2.24) is 0 Å². The van der Waals surface area contributed by atoms with Crippen molar-refractivity contribution in [3.8, 4) is 0 Å². The van der Waals surface area contributed by atoms with Crippen LogP contribution in [0.3, 0.4) is 0 Å². The number of rotatable bonds is 2. The number of aliphatic hydroxyl groups excluding tert-OH is 1. The minimum Gasteiger partial charge on any atom is -0.392 e. The Morgan fingerprint density at radius 1 is 1.19 bits per heavy atom. The van der Waals surface area contributed by atoms with E-state index in [0.29, 0.717) is 31.1 Å². The summed E-state index contributed by atoms with van der Waals surface area (Å²) in [5, 5.41) is 9.69. The molecule has 0 aromatic heterocycles. The summed E-state index contributed by atoms with van der Waals surface area (Å²) in [4.78, 5) is 0.158. The molecule has 116 valence electrons. The molecule has 2 aliphatic rings.